The van der Waals surface area contributed by atoms with E-state index in [-0.39, 0.29) is 16.5 Å². The third-order valence-corrected chi connectivity index (χ3v) is 2.37. The highest BCUT2D eigenvalue weighted by molar-refractivity contribution is 5.95. The quantitative estimate of drug-likeness (QED) is 0.853. The Morgan fingerprint density at radius 1 is 1.44 bits per heavy atom. The molecule has 0 bridgehead atoms. The van der Waals surface area contributed by atoms with E-state index in [4.69, 9.17) is 9.52 Å². The summed E-state index contributed by atoms with van der Waals surface area (Å²) in [6.07, 6.45) is -1.71. The van der Waals surface area contributed by atoms with Crippen molar-refractivity contribution in [3.05, 3.63) is 35.1 Å². The monoisotopic (exact) mass is 226 g/mol. The standard InChI is InChI=1S/C11H8F2O3/c1-5-2-6(11(14)15)3-7-8(10(12)13)4-16-9(5)7/h2-4,10H,1H3,(H,14,15). The van der Waals surface area contributed by atoms with E-state index in [0.717, 1.165) is 6.26 Å². The molecule has 1 aromatic heterocycles. The Morgan fingerprint density at radius 3 is 2.69 bits per heavy atom. The zero-order chi connectivity index (χ0) is 11.9. The van der Waals surface area contributed by atoms with Gasteiger partial charge in [-0.25, -0.2) is 13.6 Å². The van der Waals surface area contributed by atoms with Crippen LogP contribution in [0, 0.1) is 6.92 Å². The number of benzene rings is 1. The molecule has 0 amide bonds. The molecule has 0 aliphatic carbocycles. The van der Waals surface area contributed by atoms with Crippen LogP contribution in [-0.4, -0.2) is 11.1 Å². The van der Waals surface area contributed by atoms with Crippen LogP contribution in [0.15, 0.2) is 22.8 Å². The van der Waals surface area contributed by atoms with Gasteiger partial charge in [0.2, 0.25) is 0 Å². The van der Waals surface area contributed by atoms with Crippen molar-refractivity contribution in [1.29, 1.82) is 0 Å². The molecule has 0 unspecified atom stereocenters. The van der Waals surface area contributed by atoms with E-state index < -0.39 is 12.4 Å². The van der Waals surface area contributed by atoms with Crippen molar-refractivity contribution in [1.82, 2.24) is 0 Å². The first-order chi connectivity index (χ1) is 7.50. The summed E-state index contributed by atoms with van der Waals surface area (Å²) in [5.41, 5.74) is 0.539. The fourth-order valence-electron chi connectivity index (χ4n) is 1.62. The Bertz CT molecular complexity index is 558. The molecule has 0 radical (unpaired) electrons. The molecule has 0 aliphatic heterocycles. The van der Waals surface area contributed by atoms with Crippen LogP contribution < -0.4 is 0 Å². The number of halogens is 2. The molecule has 2 aromatic rings. The highest BCUT2D eigenvalue weighted by atomic mass is 19.3. The summed E-state index contributed by atoms with van der Waals surface area (Å²) >= 11 is 0. The minimum Gasteiger partial charge on any atom is -0.478 e. The Hall–Kier alpha value is -1.91. The molecule has 0 atom stereocenters. The maximum absolute atomic E-state index is 12.6. The summed E-state index contributed by atoms with van der Waals surface area (Å²) < 4.78 is 30.2. The average Bonchev–Trinajstić information content (AvgIpc) is 2.61. The van der Waals surface area contributed by atoms with Gasteiger partial charge in [0.25, 0.3) is 6.43 Å². The van der Waals surface area contributed by atoms with Crippen molar-refractivity contribution in [3.8, 4) is 0 Å². The zero-order valence-electron chi connectivity index (χ0n) is 8.33. The molecular weight excluding hydrogens is 218 g/mol. The van der Waals surface area contributed by atoms with E-state index in [1.54, 1.807) is 6.92 Å². The number of carbonyl (C=O) groups is 1. The molecule has 84 valence electrons. The van der Waals surface area contributed by atoms with Gasteiger partial charge in [-0.3, -0.25) is 0 Å². The van der Waals surface area contributed by atoms with E-state index in [0.29, 0.717) is 11.1 Å². The van der Waals surface area contributed by atoms with Crippen molar-refractivity contribution in [2.45, 2.75) is 13.3 Å². The Kier molecular flexibility index (Phi) is 2.38. The molecule has 5 heteroatoms. The van der Waals surface area contributed by atoms with Crippen LogP contribution in [0.3, 0.4) is 0 Å². The second-order valence-corrected chi connectivity index (χ2v) is 3.47. The SMILES string of the molecule is Cc1cc(C(=O)O)cc2c(C(F)F)coc12. The number of fused-ring (bicyclic) bond motifs is 1. The van der Waals surface area contributed by atoms with Crippen molar-refractivity contribution in [2.24, 2.45) is 0 Å². The van der Waals surface area contributed by atoms with Crippen LogP contribution >= 0.6 is 0 Å². The Morgan fingerprint density at radius 2 is 2.12 bits per heavy atom. The lowest BCUT2D eigenvalue weighted by Crippen LogP contribution is -1.96. The van der Waals surface area contributed by atoms with Gasteiger partial charge in [0.05, 0.1) is 11.1 Å². The van der Waals surface area contributed by atoms with Gasteiger partial charge < -0.3 is 9.52 Å². The summed E-state index contributed by atoms with van der Waals surface area (Å²) in [7, 11) is 0. The number of carboxylic acid groups (broad SMARTS) is 1. The zero-order valence-corrected chi connectivity index (χ0v) is 8.33. The van der Waals surface area contributed by atoms with E-state index in [1.165, 1.54) is 12.1 Å². The summed E-state index contributed by atoms with van der Waals surface area (Å²) in [6.45, 7) is 1.62. The van der Waals surface area contributed by atoms with E-state index in [1.807, 2.05) is 0 Å². The van der Waals surface area contributed by atoms with Crippen LogP contribution in [-0.2, 0) is 0 Å². The van der Waals surface area contributed by atoms with Gasteiger partial charge in [-0.15, -0.1) is 0 Å². The second-order valence-electron chi connectivity index (χ2n) is 3.47. The van der Waals surface area contributed by atoms with Crippen LogP contribution in [0.5, 0.6) is 0 Å². The van der Waals surface area contributed by atoms with Gasteiger partial charge in [-0.2, -0.15) is 0 Å². The topological polar surface area (TPSA) is 50.4 Å². The molecule has 1 heterocycles. The number of alkyl halides is 2. The Balaban J connectivity index is 2.76. The molecule has 2 rings (SSSR count). The summed E-state index contributed by atoms with van der Waals surface area (Å²) in [5.74, 6) is -1.15. The van der Waals surface area contributed by atoms with Crippen molar-refractivity contribution in [2.75, 3.05) is 0 Å². The van der Waals surface area contributed by atoms with Crippen LogP contribution in [0.1, 0.15) is 27.9 Å². The number of hydrogen-bond acceptors (Lipinski definition) is 2. The number of hydrogen-bond donors (Lipinski definition) is 1. The number of carboxylic acids is 1. The van der Waals surface area contributed by atoms with Gasteiger partial charge in [0, 0.05) is 5.39 Å². The molecule has 0 saturated carbocycles. The molecular formula is C11H8F2O3. The van der Waals surface area contributed by atoms with Crippen molar-refractivity contribution in [3.63, 3.8) is 0 Å². The largest absolute Gasteiger partial charge is 0.478 e. The van der Waals surface area contributed by atoms with E-state index in [9.17, 15) is 13.6 Å². The molecule has 0 saturated heterocycles. The first-order valence-electron chi connectivity index (χ1n) is 4.54. The molecule has 0 fully saturated rings. The Labute approximate surface area is 89.3 Å². The average molecular weight is 226 g/mol. The lowest BCUT2D eigenvalue weighted by Gasteiger charge is -2.00. The summed E-state index contributed by atoms with van der Waals surface area (Å²) in [6, 6.07) is 2.60. The van der Waals surface area contributed by atoms with Gasteiger partial charge in [0.15, 0.2) is 0 Å². The van der Waals surface area contributed by atoms with Crippen LogP contribution in [0.25, 0.3) is 11.0 Å². The predicted molar refractivity (Wildman–Crippen MR) is 52.9 cm³/mol. The van der Waals surface area contributed by atoms with Gasteiger partial charge in [0.1, 0.15) is 11.8 Å². The summed E-state index contributed by atoms with van der Waals surface area (Å²) in [5, 5.41) is 8.98. The lowest BCUT2D eigenvalue weighted by atomic mass is 10.1. The fourth-order valence-corrected chi connectivity index (χ4v) is 1.62. The first kappa shape index (κ1) is 10.6. The molecule has 3 nitrogen and oxygen atoms in total. The van der Waals surface area contributed by atoms with Crippen LogP contribution in [0.4, 0.5) is 8.78 Å². The number of aromatic carboxylic acids is 1. The van der Waals surface area contributed by atoms with Gasteiger partial charge >= 0.3 is 5.97 Å². The predicted octanol–water partition coefficient (Wildman–Crippen LogP) is 3.38. The highest BCUT2D eigenvalue weighted by Gasteiger charge is 2.18. The minimum absolute atomic E-state index is 0.0201. The maximum Gasteiger partial charge on any atom is 0.335 e. The lowest BCUT2D eigenvalue weighted by molar-refractivity contribution is 0.0697. The summed E-state index contributed by atoms with van der Waals surface area (Å²) in [4.78, 5) is 10.8. The first-order valence-corrected chi connectivity index (χ1v) is 4.54. The second kappa shape index (κ2) is 3.59. The smallest absolute Gasteiger partial charge is 0.335 e. The van der Waals surface area contributed by atoms with Crippen LogP contribution in [0.2, 0.25) is 0 Å². The van der Waals surface area contributed by atoms with Gasteiger partial charge in [-0.05, 0) is 24.6 Å². The molecule has 0 aliphatic rings. The van der Waals surface area contributed by atoms with E-state index >= 15 is 0 Å². The number of rotatable bonds is 2. The normalized spacial score (nSPS) is 11.2. The number of aryl methyl sites for hydroxylation is 1. The maximum atomic E-state index is 12.6. The third kappa shape index (κ3) is 1.54. The van der Waals surface area contributed by atoms with E-state index in [2.05, 4.69) is 0 Å². The highest BCUT2D eigenvalue weighted by Crippen LogP contribution is 2.32. The molecule has 16 heavy (non-hydrogen) atoms. The molecule has 0 spiro atoms. The third-order valence-electron chi connectivity index (χ3n) is 2.37. The minimum atomic E-state index is -2.68. The molecule has 1 N–H and O–H groups in total. The van der Waals surface area contributed by atoms with Gasteiger partial charge in [-0.1, -0.05) is 0 Å². The fraction of sp³-hybridized carbons (Fsp3) is 0.182. The van der Waals surface area contributed by atoms with Crippen molar-refractivity contribution < 1.29 is 23.1 Å². The molecule has 1 aromatic carbocycles. The van der Waals surface area contributed by atoms with Crippen molar-refractivity contribution >= 4 is 16.9 Å². The number of furan rings is 1.